The number of primary amides is 1. The number of nitrogens with zero attached hydrogens (tertiary/aromatic N) is 3. The molecule has 0 bridgehead atoms. The smallest absolute Gasteiger partial charge is 0.276 e. The highest BCUT2D eigenvalue weighted by atomic mass is 32.2. The molecule has 4 rings (SSSR count). The Bertz CT molecular complexity index is 1100. The summed E-state index contributed by atoms with van der Waals surface area (Å²) >= 11 is 2.62. The highest BCUT2D eigenvalue weighted by Gasteiger charge is 2.26. The molecule has 0 atom stereocenters. The summed E-state index contributed by atoms with van der Waals surface area (Å²) in [6.45, 7) is 1.05. The van der Waals surface area contributed by atoms with Crippen molar-refractivity contribution in [3.8, 4) is 5.69 Å². The molecule has 0 unspecified atom stereocenters. The van der Waals surface area contributed by atoms with Crippen molar-refractivity contribution >= 4 is 45.1 Å². The number of rotatable bonds is 5. The Kier molecular flexibility index (Phi) is 5.68. The lowest BCUT2D eigenvalue weighted by Gasteiger charge is -2.30. The number of hydrogen-bond acceptors (Lipinski definition) is 6. The van der Waals surface area contributed by atoms with E-state index in [4.69, 9.17) is 5.73 Å². The van der Waals surface area contributed by atoms with E-state index in [1.54, 1.807) is 9.47 Å². The van der Waals surface area contributed by atoms with Crippen LogP contribution in [-0.2, 0) is 9.59 Å². The van der Waals surface area contributed by atoms with Gasteiger partial charge in [0.05, 0.1) is 17.0 Å². The molecule has 1 aliphatic heterocycles. The molecule has 9 heteroatoms. The number of benzene rings is 1. The number of likely N-dealkylation sites (tertiary alicyclic amines) is 1. The zero-order chi connectivity index (χ0) is 20.4. The summed E-state index contributed by atoms with van der Waals surface area (Å²) in [5.74, 6) is -0.308. The number of carbonyl (C=O) groups excluding carboxylic acids is 2. The van der Waals surface area contributed by atoms with E-state index in [1.165, 1.54) is 23.1 Å². The topological polar surface area (TPSA) is 98.3 Å². The Morgan fingerprint density at radius 3 is 2.59 bits per heavy atom. The van der Waals surface area contributed by atoms with Crippen molar-refractivity contribution in [2.75, 3.05) is 18.8 Å². The Hall–Kier alpha value is -2.65. The lowest BCUT2D eigenvalue weighted by Crippen LogP contribution is -2.42. The van der Waals surface area contributed by atoms with Gasteiger partial charge in [-0.25, -0.2) is 4.98 Å². The molecule has 0 radical (unpaired) electrons. The van der Waals surface area contributed by atoms with Gasteiger partial charge in [-0.15, -0.1) is 11.3 Å². The summed E-state index contributed by atoms with van der Waals surface area (Å²) < 4.78 is 2.16. The summed E-state index contributed by atoms with van der Waals surface area (Å²) in [6.07, 6.45) is 1.19. The van der Waals surface area contributed by atoms with Crippen molar-refractivity contribution < 1.29 is 9.59 Å². The third-order valence-corrected chi connectivity index (χ3v) is 6.85. The molecule has 150 valence electrons. The molecule has 1 aromatic carbocycles. The highest BCUT2D eigenvalue weighted by molar-refractivity contribution is 7.99. The van der Waals surface area contributed by atoms with E-state index in [-0.39, 0.29) is 29.0 Å². The number of amides is 2. The van der Waals surface area contributed by atoms with Crippen LogP contribution >= 0.6 is 23.1 Å². The number of piperidine rings is 1. The molecular formula is C20H20N4O3S2. The summed E-state index contributed by atoms with van der Waals surface area (Å²) in [7, 11) is 0. The van der Waals surface area contributed by atoms with Gasteiger partial charge in [-0.05, 0) is 36.4 Å². The average Bonchev–Trinajstić information content (AvgIpc) is 3.22. The largest absolute Gasteiger partial charge is 0.369 e. The molecule has 7 nitrogen and oxygen atoms in total. The van der Waals surface area contributed by atoms with Crippen LogP contribution in [0.5, 0.6) is 0 Å². The molecular weight excluding hydrogens is 408 g/mol. The molecule has 1 fully saturated rings. The Labute approximate surface area is 175 Å². The second-order valence-electron chi connectivity index (χ2n) is 6.85. The van der Waals surface area contributed by atoms with Crippen LogP contribution in [0.15, 0.2) is 51.7 Å². The van der Waals surface area contributed by atoms with Gasteiger partial charge >= 0.3 is 0 Å². The van der Waals surface area contributed by atoms with Gasteiger partial charge in [-0.1, -0.05) is 30.0 Å². The molecule has 2 amide bonds. The zero-order valence-corrected chi connectivity index (χ0v) is 17.2. The monoisotopic (exact) mass is 428 g/mol. The predicted octanol–water partition coefficient (Wildman–Crippen LogP) is 2.26. The van der Waals surface area contributed by atoms with E-state index in [0.717, 1.165) is 5.69 Å². The van der Waals surface area contributed by atoms with Crippen molar-refractivity contribution in [3.63, 3.8) is 0 Å². The standard InChI is InChI=1S/C20H20N4O3S2/c21-18(26)13-6-9-23(10-7-13)16(25)12-29-20-22-15-8-11-28-17(15)19(27)24(20)14-4-2-1-3-5-14/h1-5,8,11,13H,6-7,9-10,12H2,(H2,21,26). The van der Waals surface area contributed by atoms with Crippen LogP contribution < -0.4 is 11.3 Å². The number of para-hydroxylation sites is 1. The second-order valence-corrected chi connectivity index (χ2v) is 8.71. The van der Waals surface area contributed by atoms with Crippen LogP contribution in [0.1, 0.15) is 12.8 Å². The summed E-state index contributed by atoms with van der Waals surface area (Å²) in [4.78, 5) is 43.4. The van der Waals surface area contributed by atoms with E-state index in [0.29, 0.717) is 41.3 Å². The first-order valence-corrected chi connectivity index (χ1v) is 11.2. The van der Waals surface area contributed by atoms with E-state index in [1.807, 2.05) is 41.8 Å². The summed E-state index contributed by atoms with van der Waals surface area (Å²) in [6, 6.07) is 11.1. The van der Waals surface area contributed by atoms with Gasteiger partial charge in [0.1, 0.15) is 4.70 Å². The van der Waals surface area contributed by atoms with Crippen molar-refractivity contribution in [1.29, 1.82) is 0 Å². The number of thioether (sulfide) groups is 1. The van der Waals surface area contributed by atoms with Gasteiger partial charge in [-0.3, -0.25) is 19.0 Å². The van der Waals surface area contributed by atoms with Crippen LogP contribution in [0.2, 0.25) is 0 Å². The van der Waals surface area contributed by atoms with Gasteiger partial charge < -0.3 is 10.6 Å². The number of thiophene rings is 1. The van der Waals surface area contributed by atoms with E-state index in [2.05, 4.69) is 4.98 Å². The van der Waals surface area contributed by atoms with Gasteiger partial charge in [-0.2, -0.15) is 0 Å². The van der Waals surface area contributed by atoms with Crippen LogP contribution in [0.4, 0.5) is 0 Å². The van der Waals surface area contributed by atoms with Crippen molar-refractivity contribution in [1.82, 2.24) is 14.5 Å². The van der Waals surface area contributed by atoms with Gasteiger partial charge in [0.15, 0.2) is 5.16 Å². The van der Waals surface area contributed by atoms with Gasteiger partial charge in [0.25, 0.3) is 5.56 Å². The van der Waals surface area contributed by atoms with Crippen molar-refractivity contribution in [3.05, 3.63) is 52.1 Å². The minimum Gasteiger partial charge on any atom is -0.369 e. The molecule has 29 heavy (non-hydrogen) atoms. The first-order chi connectivity index (χ1) is 14.0. The molecule has 0 spiro atoms. The zero-order valence-electron chi connectivity index (χ0n) is 15.6. The van der Waals surface area contributed by atoms with Gasteiger partial charge in [0, 0.05) is 19.0 Å². The summed E-state index contributed by atoms with van der Waals surface area (Å²) in [5.41, 5.74) is 6.59. The van der Waals surface area contributed by atoms with Crippen LogP contribution in [-0.4, -0.2) is 45.1 Å². The van der Waals surface area contributed by atoms with Crippen LogP contribution in [0, 0.1) is 5.92 Å². The van der Waals surface area contributed by atoms with Crippen LogP contribution in [0.25, 0.3) is 15.9 Å². The predicted molar refractivity (Wildman–Crippen MR) is 114 cm³/mol. The number of fused-ring (bicyclic) bond motifs is 1. The minimum absolute atomic E-state index is 0.0304. The number of nitrogens with two attached hydrogens (primary N) is 1. The first-order valence-electron chi connectivity index (χ1n) is 9.30. The van der Waals surface area contributed by atoms with E-state index in [9.17, 15) is 14.4 Å². The van der Waals surface area contributed by atoms with Crippen molar-refractivity contribution in [2.45, 2.75) is 18.0 Å². The molecule has 1 aliphatic rings. The maximum Gasteiger partial charge on any atom is 0.276 e. The van der Waals surface area contributed by atoms with Crippen molar-refractivity contribution in [2.24, 2.45) is 11.7 Å². The van der Waals surface area contributed by atoms with E-state index >= 15 is 0 Å². The molecule has 0 aliphatic carbocycles. The van der Waals surface area contributed by atoms with E-state index < -0.39 is 0 Å². The summed E-state index contributed by atoms with van der Waals surface area (Å²) in [5, 5.41) is 2.34. The fraction of sp³-hybridized carbons (Fsp3) is 0.300. The molecule has 3 heterocycles. The maximum absolute atomic E-state index is 13.0. The molecule has 3 aromatic rings. The normalized spacial score (nSPS) is 15.0. The second kappa shape index (κ2) is 8.38. The minimum atomic E-state index is -0.299. The van der Waals surface area contributed by atoms with Gasteiger partial charge in [0.2, 0.25) is 11.8 Å². The maximum atomic E-state index is 13.0. The Balaban J connectivity index is 1.56. The first kappa shape index (κ1) is 19.7. The third-order valence-electron chi connectivity index (χ3n) is 5.04. The highest BCUT2D eigenvalue weighted by Crippen LogP contribution is 2.25. The third kappa shape index (κ3) is 4.06. The molecule has 2 aromatic heterocycles. The quantitative estimate of drug-likeness (QED) is 0.497. The number of carbonyl (C=O) groups is 2. The molecule has 0 saturated carbocycles. The lowest BCUT2D eigenvalue weighted by molar-refractivity contribution is -0.132. The SMILES string of the molecule is NC(=O)C1CCN(C(=O)CSc2nc3ccsc3c(=O)n2-c2ccccc2)CC1. The number of hydrogen-bond donors (Lipinski definition) is 1. The number of aromatic nitrogens is 2. The van der Waals surface area contributed by atoms with Crippen LogP contribution in [0.3, 0.4) is 0 Å². The fourth-order valence-electron chi connectivity index (χ4n) is 3.42. The Morgan fingerprint density at radius 2 is 1.90 bits per heavy atom. The average molecular weight is 429 g/mol. The Morgan fingerprint density at radius 1 is 1.17 bits per heavy atom. The molecule has 2 N–H and O–H groups in total. The lowest BCUT2D eigenvalue weighted by atomic mass is 9.96. The molecule has 1 saturated heterocycles. The fourth-order valence-corrected chi connectivity index (χ4v) is 5.10.